The molecule has 0 radical (unpaired) electrons. The molecule has 2 nitrogen and oxygen atoms in total. The summed E-state index contributed by atoms with van der Waals surface area (Å²) in [6, 6.07) is 0.733. The van der Waals surface area contributed by atoms with E-state index in [2.05, 4.69) is 37.7 Å². The van der Waals surface area contributed by atoms with E-state index in [4.69, 9.17) is 0 Å². The molecule has 1 aliphatic heterocycles. The molecule has 0 aromatic carbocycles. The minimum atomic E-state index is 0.733. The van der Waals surface area contributed by atoms with E-state index in [0.717, 1.165) is 12.0 Å². The highest BCUT2D eigenvalue weighted by atomic mass is 15.2. The van der Waals surface area contributed by atoms with Crippen molar-refractivity contribution in [3.63, 3.8) is 0 Å². The lowest BCUT2D eigenvalue weighted by Gasteiger charge is -2.21. The van der Waals surface area contributed by atoms with Crippen molar-refractivity contribution in [2.75, 3.05) is 33.7 Å². The molecule has 1 fully saturated rings. The first kappa shape index (κ1) is 13.9. The lowest BCUT2D eigenvalue weighted by Crippen LogP contribution is -2.30. The predicted molar refractivity (Wildman–Crippen MR) is 64.7 cm³/mol. The minimum absolute atomic E-state index is 0.733. The third-order valence-corrected chi connectivity index (χ3v) is 2.67. The van der Waals surface area contributed by atoms with Crippen LogP contribution in [-0.2, 0) is 0 Å². The molecule has 0 aromatic rings. The van der Waals surface area contributed by atoms with Crippen LogP contribution in [0.15, 0.2) is 0 Å². The van der Waals surface area contributed by atoms with E-state index >= 15 is 0 Å². The molecular weight excluding hydrogens is 172 g/mol. The summed E-state index contributed by atoms with van der Waals surface area (Å²) in [7, 11) is 4.33. The molecule has 1 rings (SSSR count). The highest BCUT2D eigenvalue weighted by Gasteiger charge is 2.23. The maximum absolute atomic E-state index is 2.58. The lowest BCUT2D eigenvalue weighted by molar-refractivity contribution is 0.250. The van der Waals surface area contributed by atoms with Gasteiger partial charge in [0.25, 0.3) is 0 Å². The summed E-state index contributed by atoms with van der Waals surface area (Å²) in [5, 5.41) is 0. The number of hydrogen-bond donors (Lipinski definition) is 0. The van der Waals surface area contributed by atoms with E-state index in [0.29, 0.717) is 0 Å². The second kappa shape index (κ2) is 7.24. The summed E-state index contributed by atoms with van der Waals surface area (Å²) >= 11 is 0. The number of likely N-dealkylation sites (tertiary alicyclic amines) is 1. The SMILES string of the molecule is CC.CC(C)N1CCC(CN(C)C)C1. The average molecular weight is 200 g/mol. The molecule has 86 valence electrons. The summed E-state index contributed by atoms with van der Waals surface area (Å²) in [4.78, 5) is 4.88. The van der Waals surface area contributed by atoms with Gasteiger partial charge in [0.15, 0.2) is 0 Å². The molecule has 0 aromatic heterocycles. The zero-order chi connectivity index (χ0) is 11.1. The largest absolute Gasteiger partial charge is 0.309 e. The normalized spacial score (nSPS) is 22.7. The molecule has 0 bridgehead atoms. The Labute approximate surface area is 90.3 Å². The van der Waals surface area contributed by atoms with Crippen molar-refractivity contribution in [2.45, 2.75) is 40.2 Å². The second-order valence-electron chi connectivity index (χ2n) is 4.51. The Hall–Kier alpha value is -0.0800. The maximum Gasteiger partial charge on any atom is 0.00387 e. The van der Waals surface area contributed by atoms with Crippen LogP contribution in [0.2, 0.25) is 0 Å². The van der Waals surface area contributed by atoms with Crippen LogP contribution in [0.1, 0.15) is 34.1 Å². The van der Waals surface area contributed by atoms with Gasteiger partial charge >= 0.3 is 0 Å². The Kier molecular flexibility index (Phi) is 7.20. The Morgan fingerprint density at radius 2 is 1.86 bits per heavy atom. The van der Waals surface area contributed by atoms with Gasteiger partial charge < -0.3 is 9.80 Å². The van der Waals surface area contributed by atoms with Crippen LogP contribution in [-0.4, -0.2) is 49.6 Å². The van der Waals surface area contributed by atoms with Crippen molar-refractivity contribution in [2.24, 2.45) is 5.92 Å². The van der Waals surface area contributed by atoms with Crippen molar-refractivity contribution in [1.82, 2.24) is 9.80 Å². The molecule has 0 N–H and O–H groups in total. The van der Waals surface area contributed by atoms with Gasteiger partial charge in [-0.2, -0.15) is 0 Å². The van der Waals surface area contributed by atoms with Gasteiger partial charge in [-0.25, -0.2) is 0 Å². The van der Waals surface area contributed by atoms with Crippen LogP contribution in [0.3, 0.4) is 0 Å². The Morgan fingerprint density at radius 1 is 1.29 bits per heavy atom. The first-order chi connectivity index (χ1) is 6.59. The zero-order valence-electron chi connectivity index (χ0n) is 10.9. The molecule has 1 aliphatic rings. The maximum atomic E-state index is 2.58. The summed E-state index contributed by atoms with van der Waals surface area (Å²) in [6.07, 6.45) is 1.39. The van der Waals surface area contributed by atoms with E-state index in [-0.39, 0.29) is 0 Å². The molecule has 0 spiro atoms. The molecule has 1 heterocycles. The van der Waals surface area contributed by atoms with Crippen LogP contribution >= 0.6 is 0 Å². The van der Waals surface area contributed by atoms with E-state index in [1.54, 1.807) is 0 Å². The first-order valence-corrected chi connectivity index (χ1v) is 5.98. The molecule has 14 heavy (non-hydrogen) atoms. The molecule has 2 heteroatoms. The number of rotatable bonds is 3. The van der Waals surface area contributed by atoms with Crippen molar-refractivity contribution in [1.29, 1.82) is 0 Å². The van der Waals surface area contributed by atoms with Crippen molar-refractivity contribution < 1.29 is 0 Å². The highest BCUT2D eigenvalue weighted by Crippen LogP contribution is 2.18. The summed E-state index contributed by atoms with van der Waals surface area (Å²) < 4.78 is 0. The molecule has 0 aliphatic carbocycles. The van der Waals surface area contributed by atoms with Gasteiger partial charge in [-0.05, 0) is 46.8 Å². The molecule has 1 atom stereocenters. The minimum Gasteiger partial charge on any atom is -0.309 e. The van der Waals surface area contributed by atoms with Gasteiger partial charge in [-0.15, -0.1) is 0 Å². The smallest absolute Gasteiger partial charge is 0.00387 e. The molecular formula is C12H28N2. The second-order valence-corrected chi connectivity index (χ2v) is 4.51. The van der Waals surface area contributed by atoms with Gasteiger partial charge in [0, 0.05) is 19.1 Å². The first-order valence-electron chi connectivity index (χ1n) is 5.98. The highest BCUT2D eigenvalue weighted by molar-refractivity contribution is 4.78. The molecule has 0 saturated carbocycles. The third kappa shape index (κ3) is 4.97. The fourth-order valence-corrected chi connectivity index (χ4v) is 2.00. The Bertz CT molecular complexity index is 132. The number of nitrogens with zero attached hydrogens (tertiary/aromatic N) is 2. The Morgan fingerprint density at radius 3 is 2.21 bits per heavy atom. The van der Waals surface area contributed by atoms with Gasteiger partial charge in [0.2, 0.25) is 0 Å². The van der Waals surface area contributed by atoms with Crippen LogP contribution in [0.5, 0.6) is 0 Å². The topological polar surface area (TPSA) is 6.48 Å². The summed E-state index contributed by atoms with van der Waals surface area (Å²) in [5.74, 6) is 0.905. The van der Waals surface area contributed by atoms with E-state index < -0.39 is 0 Å². The summed E-state index contributed by atoms with van der Waals surface area (Å²) in [5.41, 5.74) is 0. The average Bonchev–Trinajstić information content (AvgIpc) is 2.55. The van der Waals surface area contributed by atoms with Crippen molar-refractivity contribution >= 4 is 0 Å². The van der Waals surface area contributed by atoms with Crippen LogP contribution < -0.4 is 0 Å². The van der Waals surface area contributed by atoms with Crippen molar-refractivity contribution in [3.8, 4) is 0 Å². The monoisotopic (exact) mass is 200 g/mol. The quantitative estimate of drug-likeness (QED) is 0.690. The zero-order valence-corrected chi connectivity index (χ0v) is 10.9. The van der Waals surface area contributed by atoms with Gasteiger partial charge in [-0.3, -0.25) is 0 Å². The van der Waals surface area contributed by atoms with Gasteiger partial charge in [0.1, 0.15) is 0 Å². The van der Waals surface area contributed by atoms with Gasteiger partial charge in [0.05, 0.1) is 0 Å². The van der Waals surface area contributed by atoms with E-state index in [1.807, 2.05) is 13.8 Å². The predicted octanol–water partition coefficient (Wildman–Crippen LogP) is 2.30. The van der Waals surface area contributed by atoms with E-state index in [9.17, 15) is 0 Å². The standard InChI is InChI=1S/C10H22N2.C2H6/c1-9(2)12-6-5-10(8-12)7-11(3)4;1-2/h9-10H,5-8H2,1-4H3;1-2H3. The fourth-order valence-electron chi connectivity index (χ4n) is 2.00. The van der Waals surface area contributed by atoms with Crippen LogP contribution in [0, 0.1) is 5.92 Å². The van der Waals surface area contributed by atoms with Crippen LogP contribution in [0.4, 0.5) is 0 Å². The van der Waals surface area contributed by atoms with Gasteiger partial charge in [-0.1, -0.05) is 13.8 Å². The lowest BCUT2D eigenvalue weighted by atomic mass is 10.1. The van der Waals surface area contributed by atoms with Crippen molar-refractivity contribution in [3.05, 3.63) is 0 Å². The van der Waals surface area contributed by atoms with E-state index in [1.165, 1.54) is 26.1 Å². The summed E-state index contributed by atoms with van der Waals surface area (Å²) in [6.45, 7) is 12.4. The molecule has 1 unspecified atom stereocenters. The number of hydrogen-bond acceptors (Lipinski definition) is 2. The van der Waals surface area contributed by atoms with Crippen LogP contribution in [0.25, 0.3) is 0 Å². The molecule has 1 saturated heterocycles. The molecule has 0 amide bonds. The Balaban J connectivity index is 0.000000791. The fraction of sp³-hybridized carbons (Fsp3) is 1.00. The third-order valence-electron chi connectivity index (χ3n) is 2.67.